The second-order valence-electron chi connectivity index (χ2n) is 3.39. The summed E-state index contributed by atoms with van der Waals surface area (Å²) in [6.45, 7) is 2.58. The first-order valence-corrected chi connectivity index (χ1v) is 3.69. The first-order valence-electron chi connectivity index (χ1n) is 3.69. The third-order valence-electron chi connectivity index (χ3n) is 3.04. The van der Waals surface area contributed by atoms with Crippen LogP contribution in [0.4, 0.5) is 0 Å². The molecule has 0 aromatic heterocycles. The van der Waals surface area contributed by atoms with Gasteiger partial charge in [-0.15, -0.1) is 0 Å². The summed E-state index contributed by atoms with van der Waals surface area (Å²) in [5.74, 6) is 0.794. The van der Waals surface area contributed by atoms with E-state index in [0.29, 0.717) is 12.0 Å². The number of rotatable bonds is 1. The molecular formula is C7H13NO. The zero-order valence-electron chi connectivity index (χ0n) is 5.56. The zero-order chi connectivity index (χ0) is 6.32. The van der Waals surface area contributed by atoms with Crippen LogP contribution in [0.15, 0.2) is 0 Å². The minimum Gasteiger partial charge on any atom is -0.396 e. The summed E-state index contributed by atoms with van der Waals surface area (Å²) in [6.07, 6.45) is 2.56. The van der Waals surface area contributed by atoms with E-state index >= 15 is 0 Å². The maximum absolute atomic E-state index is 9.01. The molecular weight excluding hydrogens is 114 g/mol. The molecule has 1 saturated carbocycles. The fraction of sp³-hybridized carbons (Fsp3) is 1.00. The summed E-state index contributed by atoms with van der Waals surface area (Å²) >= 11 is 0. The van der Waals surface area contributed by atoms with Crippen LogP contribution in [-0.4, -0.2) is 24.8 Å². The Hall–Kier alpha value is -0.0800. The predicted molar refractivity (Wildman–Crippen MR) is 35.1 cm³/mol. The van der Waals surface area contributed by atoms with E-state index in [1.807, 2.05) is 0 Å². The molecule has 2 atom stereocenters. The van der Waals surface area contributed by atoms with Gasteiger partial charge in [0, 0.05) is 12.0 Å². The van der Waals surface area contributed by atoms with Gasteiger partial charge in [-0.2, -0.15) is 0 Å². The largest absolute Gasteiger partial charge is 0.396 e. The molecule has 1 aliphatic heterocycles. The molecule has 0 radical (unpaired) electrons. The fourth-order valence-electron chi connectivity index (χ4n) is 2.07. The van der Waals surface area contributed by atoms with Gasteiger partial charge in [-0.1, -0.05) is 0 Å². The van der Waals surface area contributed by atoms with E-state index in [4.69, 9.17) is 5.11 Å². The third-order valence-corrected chi connectivity index (χ3v) is 3.04. The fourth-order valence-corrected chi connectivity index (χ4v) is 2.07. The Morgan fingerprint density at radius 2 is 2.56 bits per heavy atom. The van der Waals surface area contributed by atoms with Gasteiger partial charge in [-0.05, 0) is 25.3 Å². The van der Waals surface area contributed by atoms with Crippen LogP contribution in [0.2, 0.25) is 0 Å². The average Bonchev–Trinajstić information content (AvgIpc) is 2.10. The average molecular weight is 127 g/mol. The Bertz CT molecular complexity index is 122. The Balaban J connectivity index is 2.10. The lowest BCUT2D eigenvalue weighted by Gasteiger charge is -2.42. The van der Waals surface area contributed by atoms with E-state index in [0.717, 1.165) is 19.0 Å². The number of nitrogens with one attached hydrogen (secondary N) is 1. The van der Waals surface area contributed by atoms with Crippen LogP contribution in [-0.2, 0) is 0 Å². The second-order valence-corrected chi connectivity index (χ2v) is 3.39. The number of aliphatic hydroxyl groups is 1. The topological polar surface area (TPSA) is 32.3 Å². The standard InChI is InChI=1S/C7H13NO/c9-5-7-2-1-6(7)3-8-4-7/h6,8-9H,1-5H2/t6-,7+/m1/s1. The highest BCUT2D eigenvalue weighted by Gasteiger charge is 2.49. The van der Waals surface area contributed by atoms with Crippen molar-refractivity contribution in [3.05, 3.63) is 0 Å². The quantitative estimate of drug-likeness (QED) is 0.519. The van der Waals surface area contributed by atoms with Gasteiger partial charge in [0.2, 0.25) is 0 Å². The van der Waals surface area contributed by atoms with Crippen molar-refractivity contribution in [2.24, 2.45) is 11.3 Å². The second kappa shape index (κ2) is 1.70. The summed E-state index contributed by atoms with van der Waals surface area (Å²) in [5, 5.41) is 12.3. The van der Waals surface area contributed by atoms with Crippen molar-refractivity contribution in [1.29, 1.82) is 0 Å². The molecule has 2 aliphatic rings. The van der Waals surface area contributed by atoms with Crippen molar-refractivity contribution in [1.82, 2.24) is 5.32 Å². The zero-order valence-corrected chi connectivity index (χ0v) is 5.56. The molecule has 52 valence electrons. The lowest BCUT2D eigenvalue weighted by Crippen LogP contribution is -2.42. The SMILES string of the molecule is OC[C@@]12CC[C@@H]1CNC2. The van der Waals surface area contributed by atoms with Crippen LogP contribution in [0.3, 0.4) is 0 Å². The van der Waals surface area contributed by atoms with Crippen molar-refractivity contribution >= 4 is 0 Å². The molecule has 0 spiro atoms. The lowest BCUT2D eigenvalue weighted by molar-refractivity contribution is 0.0155. The highest BCUT2D eigenvalue weighted by Crippen LogP contribution is 2.48. The van der Waals surface area contributed by atoms with Crippen molar-refractivity contribution in [2.75, 3.05) is 19.7 Å². The first kappa shape index (κ1) is 5.69. The minimum atomic E-state index is 0.319. The van der Waals surface area contributed by atoms with Gasteiger partial charge >= 0.3 is 0 Å². The predicted octanol–water partition coefficient (Wildman–Crippen LogP) is -0.0217. The monoisotopic (exact) mass is 127 g/mol. The molecule has 1 saturated heterocycles. The molecule has 0 amide bonds. The number of hydrogen-bond acceptors (Lipinski definition) is 2. The Morgan fingerprint density at radius 1 is 1.67 bits per heavy atom. The van der Waals surface area contributed by atoms with Crippen molar-refractivity contribution < 1.29 is 5.11 Å². The van der Waals surface area contributed by atoms with Crippen LogP contribution >= 0.6 is 0 Å². The Labute approximate surface area is 55.3 Å². The molecule has 0 unspecified atom stereocenters. The van der Waals surface area contributed by atoms with E-state index in [2.05, 4.69) is 5.32 Å². The molecule has 0 aromatic carbocycles. The molecule has 0 aromatic rings. The number of hydrogen-bond donors (Lipinski definition) is 2. The lowest BCUT2D eigenvalue weighted by atomic mass is 9.63. The van der Waals surface area contributed by atoms with E-state index in [9.17, 15) is 0 Å². The summed E-state index contributed by atoms with van der Waals surface area (Å²) in [4.78, 5) is 0. The molecule has 1 heterocycles. The third kappa shape index (κ3) is 0.578. The number of fused-ring (bicyclic) bond motifs is 1. The van der Waals surface area contributed by atoms with E-state index in [-0.39, 0.29) is 0 Å². The van der Waals surface area contributed by atoms with Crippen molar-refractivity contribution in [2.45, 2.75) is 12.8 Å². The van der Waals surface area contributed by atoms with Crippen molar-refractivity contribution in [3.8, 4) is 0 Å². The normalized spacial score (nSPS) is 48.3. The highest BCUT2D eigenvalue weighted by atomic mass is 16.3. The van der Waals surface area contributed by atoms with Gasteiger partial charge in [-0.3, -0.25) is 0 Å². The molecule has 9 heavy (non-hydrogen) atoms. The Morgan fingerprint density at radius 3 is 2.89 bits per heavy atom. The smallest absolute Gasteiger partial charge is 0.0502 e. The van der Waals surface area contributed by atoms with Gasteiger partial charge in [0.05, 0.1) is 6.61 Å². The molecule has 1 aliphatic carbocycles. The molecule has 0 bridgehead atoms. The molecule has 2 heteroatoms. The van der Waals surface area contributed by atoms with Crippen LogP contribution in [0.25, 0.3) is 0 Å². The minimum absolute atomic E-state index is 0.319. The highest BCUT2D eigenvalue weighted by molar-refractivity contribution is 5.02. The Kier molecular flexibility index (Phi) is 1.08. The van der Waals surface area contributed by atoms with Crippen LogP contribution < -0.4 is 5.32 Å². The van der Waals surface area contributed by atoms with Crippen LogP contribution in [0.5, 0.6) is 0 Å². The van der Waals surface area contributed by atoms with E-state index < -0.39 is 0 Å². The summed E-state index contributed by atoms with van der Waals surface area (Å²) in [6, 6.07) is 0. The van der Waals surface area contributed by atoms with Gasteiger partial charge in [0.25, 0.3) is 0 Å². The first-order chi connectivity index (χ1) is 4.37. The molecule has 2 nitrogen and oxygen atoms in total. The van der Waals surface area contributed by atoms with Gasteiger partial charge in [-0.25, -0.2) is 0 Å². The van der Waals surface area contributed by atoms with Gasteiger partial charge < -0.3 is 10.4 Å². The van der Waals surface area contributed by atoms with Crippen molar-refractivity contribution in [3.63, 3.8) is 0 Å². The maximum Gasteiger partial charge on any atom is 0.0502 e. The molecule has 2 rings (SSSR count). The summed E-state index contributed by atoms with van der Waals surface area (Å²) in [5.41, 5.74) is 0.319. The van der Waals surface area contributed by atoms with Gasteiger partial charge in [0.1, 0.15) is 0 Å². The van der Waals surface area contributed by atoms with Crippen LogP contribution in [0, 0.1) is 11.3 Å². The maximum atomic E-state index is 9.01. The number of aliphatic hydroxyl groups excluding tert-OH is 1. The summed E-state index contributed by atoms with van der Waals surface area (Å²) < 4.78 is 0. The van der Waals surface area contributed by atoms with E-state index in [1.165, 1.54) is 12.8 Å². The van der Waals surface area contributed by atoms with E-state index in [1.54, 1.807) is 0 Å². The van der Waals surface area contributed by atoms with Crippen LogP contribution in [0.1, 0.15) is 12.8 Å². The molecule has 2 fully saturated rings. The van der Waals surface area contributed by atoms with Gasteiger partial charge in [0.15, 0.2) is 0 Å². The summed E-state index contributed by atoms with van der Waals surface area (Å²) in [7, 11) is 0. The molecule has 2 N–H and O–H groups in total.